The second-order valence-electron chi connectivity index (χ2n) is 6.18. The number of rotatable bonds is 7. The largest absolute Gasteiger partial charge is 0.441 e. The Hall–Kier alpha value is -1.74. The smallest absolute Gasteiger partial charge is 0.220 e. The minimum Gasteiger partial charge on any atom is -0.441 e. The van der Waals surface area contributed by atoms with Gasteiger partial charge in [-0.1, -0.05) is 0 Å². The van der Waals surface area contributed by atoms with Gasteiger partial charge in [0.15, 0.2) is 11.7 Å². The first-order valence-electron chi connectivity index (χ1n) is 8.72. The molecule has 6 nitrogen and oxygen atoms in total. The Morgan fingerprint density at radius 1 is 1.25 bits per heavy atom. The van der Waals surface area contributed by atoms with E-state index in [2.05, 4.69) is 20.5 Å². The molecule has 10 heteroatoms. The van der Waals surface area contributed by atoms with E-state index >= 15 is 0 Å². The molecule has 1 aliphatic heterocycles. The van der Waals surface area contributed by atoms with Gasteiger partial charge in [0.25, 0.3) is 0 Å². The van der Waals surface area contributed by atoms with Crippen LogP contribution in [0.15, 0.2) is 28.8 Å². The van der Waals surface area contributed by atoms with Crippen LogP contribution in [0.1, 0.15) is 12.3 Å². The van der Waals surface area contributed by atoms with Gasteiger partial charge in [-0.25, -0.2) is 13.8 Å². The zero-order valence-electron chi connectivity index (χ0n) is 15.2. The second kappa shape index (κ2) is 12.0. The van der Waals surface area contributed by atoms with Crippen molar-refractivity contribution in [3.8, 4) is 11.3 Å². The van der Waals surface area contributed by atoms with E-state index in [0.29, 0.717) is 18.9 Å². The zero-order valence-corrected chi connectivity index (χ0v) is 16.9. The summed E-state index contributed by atoms with van der Waals surface area (Å²) >= 11 is 0. The van der Waals surface area contributed by atoms with Gasteiger partial charge in [0, 0.05) is 58.2 Å². The van der Waals surface area contributed by atoms with Crippen LogP contribution >= 0.6 is 24.8 Å². The number of hydrogen-bond donors (Lipinski definition) is 2. The Balaban J connectivity index is 0.00000196. The summed E-state index contributed by atoms with van der Waals surface area (Å²) in [6.45, 7) is 5.39. The summed E-state index contributed by atoms with van der Waals surface area (Å²) in [6, 6.07) is 3.26. The predicted molar refractivity (Wildman–Crippen MR) is 107 cm³/mol. The lowest BCUT2D eigenvalue weighted by Gasteiger charge is -2.27. The Morgan fingerprint density at radius 2 is 2.00 bits per heavy atom. The van der Waals surface area contributed by atoms with Gasteiger partial charge in [-0.2, -0.15) is 0 Å². The van der Waals surface area contributed by atoms with Gasteiger partial charge in [0.05, 0.1) is 11.8 Å². The van der Waals surface area contributed by atoms with E-state index in [9.17, 15) is 13.6 Å². The van der Waals surface area contributed by atoms with Crippen molar-refractivity contribution in [3.63, 3.8) is 0 Å². The molecule has 0 radical (unpaired) electrons. The first-order valence-corrected chi connectivity index (χ1v) is 8.72. The third-order valence-corrected chi connectivity index (χ3v) is 4.28. The molecule has 156 valence electrons. The molecule has 1 saturated heterocycles. The maximum absolute atomic E-state index is 13.8. The molecule has 0 bridgehead atoms. The molecule has 0 unspecified atom stereocenters. The highest BCUT2D eigenvalue weighted by Gasteiger charge is 2.13. The predicted octanol–water partition coefficient (Wildman–Crippen LogP) is 2.42. The molecule has 3 rings (SSSR count). The molecule has 1 aromatic carbocycles. The number of aryl methyl sites for hydroxylation is 1. The van der Waals surface area contributed by atoms with Gasteiger partial charge < -0.3 is 15.1 Å². The van der Waals surface area contributed by atoms with Gasteiger partial charge in [-0.3, -0.25) is 9.69 Å². The average molecular weight is 437 g/mol. The number of piperazine rings is 1. The van der Waals surface area contributed by atoms with Crippen LogP contribution in [0.4, 0.5) is 8.78 Å². The summed E-state index contributed by atoms with van der Waals surface area (Å²) in [4.78, 5) is 18.3. The lowest BCUT2D eigenvalue weighted by Crippen LogP contribution is -2.46. The van der Waals surface area contributed by atoms with Crippen LogP contribution in [0.2, 0.25) is 0 Å². The van der Waals surface area contributed by atoms with E-state index < -0.39 is 11.6 Å². The van der Waals surface area contributed by atoms with Gasteiger partial charge in [0.2, 0.25) is 5.91 Å². The number of carbonyl (C=O) groups excluding carboxylic acids is 1. The van der Waals surface area contributed by atoms with Crippen molar-refractivity contribution in [1.82, 2.24) is 20.5 Å². The minimum atomic E-state index is -0.710. The molecule has 1 amide bonds. The highest BCUT2D eigenvalue weighted by Crippen LogP contribution is 2.24. The third kappa shape index (κ3) is 7.01. The highest BCUT2D eigenvalue weighted by molar-refractivity contribution is 5.85. The highest BCUT2D eigenvalue weighted by atomic mass is 35.5. The quantitative estimate of drug-likeness (QED) is 0.697. The molecule has 0 spiro atoms. The van der Waals surface area contributed by atoms with Crippen molar-refractivity contribution >= 4 is 30.7 Å². The fraction of sp³-hybridized carbons (Fsp3) is 0.444. The van der Waals surface area contributed by atoms with Gasteiger partial charge in [-0.05, 0) is 12.1 Å². The van der Waals surface area contributed by atoms with Crippen LogP contribution in [0.25, 0.3) is 11.3 Å². The maximum atomic E-state index is 13.8. The number of hydrogen-bond acceptors (Lipinski definition) is 5. The molecule has 2 N–H and O–H groups in total. The van der Waals surface area contributed by atoms with Crippen molar-refractivity contribution in [2.45, 2.75) is 12.8 Å². The van der Waals surface area contributed by atoms with Crippen LogP contribution in [-0.4, -0.2) is 55.1 Å². The zero-order chi connectivity index (χ0) is 18.4. The topological polar surface area (TPSA) is 70.4 Å². The van der Waals surface area contributed by atoms with Gasteiger partial charge in [-0.15, -0.1) is 24.8 Å². The van der Waals surface area contributed by atoms with E-state index in [4.69, 9.17) is 4.42 Å². The van der Waals surface area contributed by atoms with Gasteiger partial charge >= 0.3 is 0 Å². The number of benzene rings is 1. The SMILES string of the molecule is Cl.Cl.O=C(CCc1ncc(-c2ccc(F)cc2F)o1)NCCN1CCNCC1. The Kier molecular flexibility index (Phi) is 10.4. The van der Waals surface area contributed by atoms with E-state index in [0.717, 1.165) is 44.9 Å². The van der Waals surface area contributed by atoms with E-state index in [1.165, 1.54) is 12.3 Å². The van der Waals surface area contributed by atoms with Crippen molar-refractivity contribution in [2.24, 2.45) is 0 Å². The summed E-state index contributed by atoms with van der Waals surface area (Å²) in [5.74, 6) is -0.868. The molecular weight excluding hydrogens is 413 g/mol. The first-order chi connectivity index (χ1) is 12.6. The van der Waals surface area contributed by atoms with Crippen LogP contribution in [0, 0.1) is 11.6 Å². The molecule has 2 aromatic rings. The first kappa shape index (κ1) is 24.3. The molecule has 1 aromatic heterocycles. The summed E-state index contributed by atoms with van der Waals surface area (Å²) < 4.78 is 32.2. The second-order valence-corrected chi connectivity index (χ2v) is 6.18. The normalized spacial score (nSPS) is 14.1. The van der Waals surface area contributed by atoms with E-state index in [1.54, 1.807) is 0 Å². The summed E-state index contributed by atoms with van der Waals surface area (Å²) in [5, 5.41) is 6.17. The molecule has 0 saturated carbocycles. The standard InChI is InChI=1S/C18H22F2N4O2.2ClH/c19-13-1-2-14(15(20)11-13)16-12-23-18(26-16)4-3-17(25)22-7-10-24-8-5-21-6-9-24;;/h1-2,11-12,21H,3-10H2,(H,22,25);2*1H. The third-order valence-electron chi connectivity index (χ3n) is 4.28. The molecule has 1 fully saturated rings. The minimum absolute atomic E-state index is 0. The molecule has 28 heavy (non-hydrogen) atoms. The Labute approximate surface area is 174 Å². The van der Waals surface area contributed by atoms with Crippen molar-refractivity contribution in [3.05, 3.63) is 41.9 Å². The fourth-order valence-corrected chi connectivity index (χ4v) is 2.84. The van der Waals surface area contributed by atoms with Crippen LogP contribution in [0.5, 0.6) is 0 Å². The van der Waals surface area contributed by atoms with E-state index in [-0.39, 0.29) is 48.5 Å². The van der Waals surface area contributed by atoms with Crippen molar-refractivity contribution < 1.29 is 18.0 Å². The number of oxazole rings is 1. The number of carbonyl (C=O) groups is 1. The summed E-state index contributed by atoms with van der Waals surface area (Å²) in [5.41, 5.74) is 0.144. The number of amides is 1. The molecule has 0 aliphatic carbocycles. The molecular formula is C18H24Cl2F2N4O2. The van der Waals surface area contributed by atoms with Crippen LogP contribution < -0.4 is 10.6 Å². The number of halogens is 4. The number of aromatic nitrogens is 1. The molecule has 0 atom stereocenters. The molecule has 1 aliphatic rings. The number of nitrogens with zero attached hydrogens (tertiary/aromatic N) is 2. The number of nitrogens with one attached hydrogen (secondary N) is 2. The van der Waals surface area contributed by atoms with Crippen molar-refractivity contribution in [1.29, 1.82) is 0 Å². The Bertz CT molecular complexity index is 755. The summed E-state index contributed by atoms with van der Waals surface area (Å²) in [6.07, 6.45) is 1.95. The van der Waals surface area contributed by atoms with Gasteiger partial charge in [0.1, 0.15) is 11.6 Å². The fourth-order valence-electron chi connectivity index (χ4n) is 2.84. The monoisotopic (exact) mass is 436 g/mol. The summed E-state index contributed by atoms with van der Waals surface area (Å²) in [7, 11) is 0. The maximum Gasteiger partial charge on any atom is 0.220 e. The van der Waals surface area contributed by atoms with Crippen LogP contribution in [0.3, 0.4) is 0 Å². The van der Waals surface area contributed by atoms with Crippen LogP contribution in [-0.2, 0) is 11.2 Å². The Morgan fingerprint density at radius 3 is 2.71 bits per heavy atom. The lowest BCUT2D eigenvalue weighted by molar-refractivity contribution is -0.121. The lowest BCUT2D eigenvalue weighted by atomic mass is 10.2. The molecule has 2 heterocycles. The van der Waals surface area contributed by atoms with Crippen molar-refractivity contribution in [2.75, 3.05) is 39.3 Å². The van der Waals surface area contributed by atoms with E-state index in [1.807, 2.05) is 0 Å². The average Bonchev–Trinajstić information content (AvgIpc) is 3.09.